The summed E-state index contributed by atoms with van der Waals surface area (Å²) in [5.41, 5.74) is 0.00276. The third kappa shape index (κ3) is 3.39. The van der Waals surface area contributed by atoms with Crippen LogP contribution in [0.2, 0.25) is 5.02 Å². The van der Waals surface area contributed by atoms with Gasteiger partial charge in [-0.25, -0.2) is 9.18 Å². The summed E-state index contributed by atoms with van der Waals surface area (Å²) in [6.07, 6.45) is 0. The number of aliphatic hydroxyl groups is 1. The molecule has 0 aliphatic carbocycles. The van der Waals surface area contributed by atoms with Crippen LogP contribution in [0.5, 0.6) is 0 Å². The van der Waals surface area contributed by atoms with Crippen LogP contribution in [0, 0.1) is 5.82 Å². The van der Waals surface area contributed by atoms with Crippen LogP contribution in [-0.4, -0.2) is 41.3 Å². The summed E-state index contributed by atoms with van der Waals surface area (Å²) in [6.45, 7) is 0.761. The van der Waals surface area contributed by atoms with Gasteiger partial charge in [-0.2, -0.15) is 0 Å². The minimum Gasteiger partial charge on any atom is -0.478 e. The number of carboxylic acids is 1. The van der Waals surface area contributed by atoms with Gasteiger partial charge in [0.15, 0.2) is 0 Å². The summed E-state index contributed by atoms with van der Waals surface area (Å²) in [4.78, 5) is 12.6. The second-order valence-corrected chi connectivity index (χ2v) is 4.04. The highest BCUT2D eigenvalue weighted by molar-refractivity contribution is 6.34. The molecule has 0 fully saturated rings. The molecule has 0 radical (unpaired) electrons. The molecule has 0 amide bonds. The van der Waals surface area contributed by atoms with Gasteiger partial charge in [0.25, 0.3) is 0 Å². The Bertz CT molecular complexity index is 425. The highest BCUT2D eigenvalue weighted by Crippen LogP contribution is 2.25. The normalized spacial score (nSPS) is 10.9. The number of carboxylic acid groups (broad SMARTS) is 1. The molecule has 4 nitrogen and oxygen atoms in total. The van der Waals surface area contributed by atoms with Gasteiger partial charge >= 0.3 is 5.97 Å². The second kappa shape index (κ2) is 5.95. The maximum Gasteiger partial charge on any atom is 0.340 e. The van der Waals surface area contributed by atoms with Crippen LogP contribution in [0.3, 0.4) is 0 Å². The number of aliphatic hydroxyl groups excluding tert-OH is 1. The smallest absolute Gasteiger partial charge is 0.340 e. The zero-order valence-corrected chi connectivity index (χ0v) is 10.0. The first-order valence-electron chi connectivity index (χ1n) is 4.97. The van der Waals surface area contributed by atoms with Crippen molar-refractivity contribution in [3.8, 4) is 0 Å². The van der Waals surface area contributed by atoms with Gasteiger partial charge in [-0.1, -0.05) is 17.7 Å². The van der Waals surface area contributed by atoms with E-state index >= 15 is 0 Å². The molecular formula is C11H13ClFNO3. The number of rotatable bonds is 5. The van der Waals surface area contributed by atoms with E-state index in [4.69, 9.17) is 21.8 Å². The molecule has 0 bridgehead atoms. The van der Waals surface area contributed by atoms with E-state index in [-0.39, 0.29) is 11.6 Å². The Kier molecular flexibility index (Phi) is 4.86. The van der Waals surface area contributed by atoms with Crippen molar-refractivity contribution < 1.29 is 19.4 Å². The highest BCUT2D eigenvalue weighted by Gasteiger charge is 2.18. The number of hydrogen-bond donors (Lipinski definition) is 2. The van der Waals surface area contributed by atoms with Crippen molar-refractivity contribution in [2.24, 2.45) is 0 Å². The fraction of sp³-hybridized carbons (Fsp3) is 0.364. The van der Waals surface area contributed by atoms with E-state index in [1.165, 1.54) is 6.07 Å². The molecule has 0 heterocycles. The number of halogens is 2. The second-order valence-electron chi connectivity index (χ2n) is 3.66. The van der Waals surface area contributed by atoms with Gasteiger partial charge in [-0.05, 0) is 18.7 Å². The van der Waals surface area contributed by atoms with E-state index < -0.39 is 17.3 Å². The van der Waals surface area contributed by atoms with E-state index in [9.17, 15) is 9.18 Å². The van der Waals surface area contributed by atoms with Crippen LogP contribution < -0.4 is 0 Å². The van der Waals surface area contributed by atoms with Crippen molar-refractivity contribution in [3.05, 3.63) is 34.1 Å². The lowest BCUT2D eigenvalue weighted by atomic mass is 10.1. The predicted octanol–water partition coefficient (Wildman–Crippen LogP) is 1.60. The molecule has 0 unspecified atom stereocenters. The van der Waals surface area contributed by atoms with Crippen LogP contribution in [-0.2, 0) is 6.54 Å². The van der Waals surface area contributed by atoms with E-state index in [1.807, 2.05) is 0 Å². The molecule has 2 N–H and O–H groups in total. The Hall–Kier alpha value is -1.17. The number of likely N-dealkylation sites (N-methyl/N-ethyl adjacent to an activating group) is 1. The summed E-state index contributed by atoms with van der Waals surface area (Å²) in [5, 5.41) is 17.5. The molecule has 0 atom stereocenters. The van der Waals surface area contributed by atoms with E-state index in [0.717, 1.165) is 6.07 Å². The maximum absolute atomic E-state index is 13.2. The van der Waals surface area contributed by atoms with Gasteiger partial charge in [-0.3, -0.25) is 4.90 Å². The van der Waals surface area contributed by atoms with Crippen molar-refractivity contribution in [3.63, 3.8) is 0 Å². The van der Waals surface area contributed by atoms with Crippen molar-refractivity contribution in [1.82, 2.24) is 4.90 Å². The SMILES string of the molecule is CN(CCO)Cc1ccc(F)c(C(=O)O)c1Cl. The van der Waals surface area contributed by atoms with Crippen molar-refractivity contribution >= 4 is 17.6 Å². The van der Waals surface area contributed by atoms with E-state index in [2.05, 4.69) is 0 Å². The number of carbonyl (C=O) groups is 1. The molecule has 0 spiro atoms. The lowest BCUT2D eigenvalue weighted by Crippen LogP contribution is -2.22. The zero-order valence-electron chi connectivity index (χ0n) is 9.28. The topological polar surface area (TPSA) is 60.8 Å². The lowest BCUT2D eigenvalue weighted by Gasteiger charge is -2.16. The number of aromatic carboxylic acids is 1. The summed E-state index contributed by atoms with van der Waals surface area (Å²) >= 11 is 5.84. The lowest BCUT2D eigenvalue weighted by molar-refractivity contribution is 0.0692. The van der Waals surface area contributed by atoms with Crippen LogP contribution >= 0.6 is 11.6 Å². The van der Waals surface area contributed by atoms with Gasteiger partial charge < -0.3 is 10.2 Å². The average Bonchev–Trinajstić information content (AvgIpc) is 2.22. The maximum atomic E-state index is 13.2. The Morgan fingerprint density at radius 2 is 2.18 bits per heavy atom. The first kappa shape index (κ1) is 13.9. The molecular weight excluding hydrogens is 249 g/mol. The van der Waals surface area contributed by atoms with Crippen LogP contribution in [0.1, 0.15) is 15.9 Å². The van der Waals surface area contributed by atoms with Gasteiger partial charge in [0, 0.05) is 13.1 Å². The number of nitrogens with zero attached hydrogens (tertiary/aromatic N) is 1. The van der Waals surface area contributed by atoms with Crippen LogP contribution in [0.25, 0.3) is 0 Å². The third-order valence-electron chi connectivity index (χ3n) is 2.31. The molecule has 0 aromatic heterocycles. The van der Waals surface area contributed by atoms with Crippen LogP contribution in [0.15, 0.2) is 12.1 Å². The quantitative estimate of drug-likeness (QED) is 0.845. The third-order valence-corrected chi connectivity index (χ3v) is 2.74. The first-order valence-corrected chi connectivity index (χ1v) is 5.34. The van der Waals surface area contributed by atoms with Crippen LogP contribution in [0.4, 0.5) is 4.39 Å². The van der Waals surface area contributed by atoms with Gasteiger partial charge in [0.05, 0.1) is 11.6 Å². The standard InChI is InChI=1S/C11H13ClFNO3/c1-14(4-5-15)6-7-2-3-8(13)9(10(7)12)11(16)17/h2-3,15H,4-6H2,1H3,(H,16,17). The van der Waals surface area contributed by atoms with E-state index in [0.29, 0.717) is 18.7 Å². The minimum atomic E-state index is -1.39. The fourth-order valence-electron chi connectivity index (χ4n) is 1.45. The predicted molar refractivity (Wildman–Crippen MR) is 61.8 cm³/mol. The molecule has 0 aliphatic rings. The number of hydrogen-bond acceptors (Lipinski definition) is 3. The first-order chi connectivity index (χ1) is 7.97. The van der Waals surface area contributed by atoms with Gasteiger partial charge in [0.1, 0.15) is 11.4 Å². The molecule has 6 heteroatoms. The van der Waals surface area contributed by atoms with Crippen molar-refractivity contribution in [2.45, 2.75) is 6.54 Å². The molecule has 0 saturated heterocycles. The largest absolute Gasteiger partial charge is 0.478 e. The Balaban J connectivity index is 3.02. The highest BCUT2D eigenvalue weighted by atomic mass is 35.5. The molecule has 0 aliphatic heterocycles. The van der Waals surface area contributed by atoms with Gasteiger partial charge in [0.2, 0.25) is 0 Å². The molecule has 17 heavy (non-hydrogen) atoms. The summed E-state index contributed by atoms with van der Waals surface area (Å²) in [5.74, 6) is -2.24. The Labute approximate surface area is 103 Å². The summed E-state index contributed by atoms with van der Waals surface area (Å²) in [7, 11) is 1.75. The minimum absolute atomic E-state index is 0.0128. The average molecular weight is 262 g/mol. The van der Waals surface area contributed by atoms with Gasteiger partial charge in [-0.15, -0.1) is 0 Å². The summed E-state index contributed by atoms with van der Waals surface area (Å²) in [6, 6.07) is 2.52. The molecule has 0 saturated carbocycles. The molecule has 1 aromatic rings. The molecule has 1 rings (SSSR count). The van der Waals surface area contributed by atoms with E-state index in [1.54, 1.807) is 11.9 Å². The Morgan fingerprint density at radius 3 is 2.71 bits per heavy atom. The number of benzene rings is 1. The van der Waals surface area contributed by atoms with Crippen molar-refractivity contribution in [1.29, 1.82) is 0 Å². The fourth-order valence-corrected chi connectivity index (χ4v) is 1.75. The van der Waals surface area contributed by atoms with Crippen molar-refractivity contribution in [2.75, 3.05) is 20.2 Å². The Morgan fingerprint density at radius 1 is 1.53 bits per heavy atom. The molecule has 94 valence electrons. The molecule has 1 aromatic carbocycles. The summed E-state index contributed by atoms with van der Waals surface area (Å²) < 4.78 is 13.2. The monoisotopic (exact) mass is 261 g/mol. The zero-order chi connectivity index (χ0) is 13.0.